The summed E-state index contributed by atoms with van der Waals surface area (Å²) in [4.78, 5) is 12.8. The average molecular weight is 493 g/mol. The van der Waals surface area contributed by atoms with Gasteiger partial charge in [-0.25, -0.2) is 8.42 Å². The first-order chi connectivity index (χ1) is 13.9. The van der Waals surface area contributed by atoms with Crippen LogP contribution in [0.25, 0.3) is 0 Å². The van der Waals surface area contributed by atoms with E-state index in [1.807, 2.05) is 60.7 Å². The minimum absolute atomic E-state index is 0.166. The molecule has 3 rings (SSSR count). The van der Waals surface area contributed by atoms with E-state index in [4.69, 9.17) is 0 Å². The molecule has 1 heterocycles. The molecule has 1 amide bonds. The third-order valence-corrected chi connectivity index (χ3v) is 7.85. The highest BCUT2D eigenvalue weighted by Gasteiger charge is 2.27. The van der Waals surface area contributed by atoms with Crippen molar-refractivity contribution in [3.63, 3.8) is 0 Å². The number of nitrogens with one attached hydrogen (secondary N) is 2. The number of benzene rings is 2. The van der Waals surface area contributed by atoms with E-state index in [9.17, 15) is 13.2 Å². The van der Waals surface area contributed by atoms with Crippen molar-refractivity contribution in [2.75, 3.05) is 6.54 Å². The van der Waals surface area contributed by atoms with E-state index in [2.05, 4.69) is 26.0 Å². The smallest absolute Gasteiger partial charge is 0.250 e. The molecule has 5 nitrogen and oxygen atoms in total. The molecule has 0 spiro atoms. The van der Waals surface area contributed by atoms with Crippen LogP contribution in [0.2, 0.25) is 0 Å². The topological polar surface area (TPSA) is 75.3 Å². The molecule has 29 heavy (non-hydrogen) atoms. The molecule has 0 fully saturated rings. The van der Waals surface area contributed by atoms with Crippen molar-refractivity contribution < 1.29 is 13.2 Å². The van der Waals surface area contributed by atoms with Crippen LogP contribution in [0.15, 0.2) is 80.8 Å². The van der Waals surface area contributed by atoms with Gasteiger partial charge in [-0.05, 0) is 52.0 Å². The van der Waals surface area contributed by atoms with Gasteiger partial charge in [0, 0.05) is 6.54 Å². The van der Waals surface area contributed by atoms with Gasteiger partial charge >= 0.3 is 0 Å². The average Bonchev–Trinajstić information content (AvgIpc) is 3.16. The number of hydrogen-bond acceptors (Lipinski definition) is 4. The lowest BCUT2D eigenvalue weighted by atomic mass is 10.1. The van der Waals surface area contributed by atoms with E-state index in [1.165, 1.54) is 6.07 Å². The van der Waals surface area contributed by atoms with Crippen LogP contribution in [0.4, 0.5) is 0 Å². The van der Waals surface area contributed by atoms with Gasteiger partial charge < -0.3 is 5.32 Å². The molecule has 152 valence electrons. The molecule has 2 N–H and O–H groups in total. The highest BCUT2D eigenvalue weighted by Crippen LogP contribution is 2.26. The highest BCUT2D eigenvalue weighted by molar-refractivity contribution is 9.11. The molecule has 0 saturated carbocycles. The fourth-order valence-electron chi connectivity index (χ4n) is 2.82. The quantitative estimate of drug-likeness (QED) is 0.477. The largest absolute Gasteiger partial charge is 0.354 e. The van der Waals surface area contributed by atoms with Crippen LogP contribution in [0, 0.1) is 0 Å². The summed E-state index contributed by atoms with van der Waals surface area (Å²) < 4.78 is 28.9. The maximum absolute atomic E-state index is 12.8. The van der Waals surface area contributed by atoms with E-state index in [-0.39, 0.29) is 16.5 Å². The lowest BCUT2D eigenvalue weighted by Crippen LogP contribution is -2.48. The third-order valence-electron chi connectivity index (χ3n) is 4.27. The number of halogens is 1. The summed E-state index contributed by atoms with van der Waals surface area (Å²) in [6, 6.07) is 21.5. The molecule has 0 aliphatic carbocycles. The van der Waals surface area contributed by atoms with Crippen molar-refractivity contribution in [3.8, 4) is 0 Å². The Balaban J connectivity index is 1.70. The fraction of sp³-hybridized carbons (Fsp3) is 0.190. The number of thiophene rings is 1. The molecular formula is C21H21BrN2O3S2. The van der Waals surface area contributed by atoms with Gasteiger partial charge in [-0.1, -0.05) is 60.7 Å². The van der Waals surface area contributed by atoms with Gasteiger partial charge in [0.25, 0.3) is 10.0 Å². The summed E-state index contributed by atoms with van der Waals surface area (Å²) >= 11 is 4.38. The van der Waals surface area contributed by atoms with Crippen LogP contribution in [-0.4, -0.2) is 26.9 Å². The van der Waals surface area contributed by atoms with Gasteiger partial charge in [-0.3, -0.25) is 4.79 Å². The second-order valence-electron chi connectivity index (χ2n) is 6.45. The zero-order valence-corrected chi connectivity index (χ0v) is 18.8. The molecule has 0 aliphatic rings. The van der Waals surface area contributed by atoms with Crippen LogP contribution < -0.4 is 10.0 Å². The van der Waals surface area contributed by atoms with Gasteiger partial charge in [0.15, 0.2) is 0 Å². The summed E-state index contributed by atoms with van der Waals surface area (Å²) in [6.07, 6.45) is 0.943. The third kappa shape index (κ3) is 6.50. The van der Waals surface area contributed by atoms with Crippen molar-refractivity contribution in [1.82, 2.24) is 10.0 Å². The summed E-state index contributed by atoms with van der Waals surface area (Å²) in [5.41, 5.74) is 1.99. The Morgan fingerprint density at radius 1 is 0.931 bits per heavy atom. The predicted molar refractivity (Wildman–Crippen MR) is 119 cm³/mol. The lowest BCUT2D eigenvalue weighted by Gasteiger charge is -2.18. The van der Waals surface area contributed by atoms with E-state index >= 15 is 0 Å². The van der Waals surface area contributed by atoms with Gasteiger partial charge in [0.05, 0.1) is 3.79 Å². The molecule has 0 saturated heterocycles. The minimum Gasteiger partial charge on any atom is -0.354 e. The highest BCUT2D eigenvalue weighted by atomic mass is 79.9. The van der Waals surface area contributed by atoms with Crippen molar-refractivity contribution in [3.05, 3.63) is 87.7 Å². The Bertz CT molecular complexity index is 1040. The molecule has 0 aliphatic heterocycles. The first-order valence-corrected chi connectivity index (χ1v) is 12.2. The Morgan fingerprint density at radius 2 is 1.55 bits per heavy atom. The Labute approximate surface area is 183 Å². The molecule has 1 atom stereocenters. The number of amides is 1. The molecule has 0 unspecified atom stereocenters. The number of carbonyl (C=O) groups is 1. The zero-order valence-electron chi connectivity index (χ0n) is 15.5. The normalized spacial score (nSPS) is 12.4. The summed E-state index contributed by atoms with van der Waals surface area (Å²) in [7, 11) is -3.80. The molecule has 8 heteroatoms. The standard InChI is InChI=1S/C21H21BrN2O3S2/c22-19-11-12-20(28-19)29(26,27)24-18(15-17-9-5-2-6-10-17)21(25)23-14-13-16-7-3-1-4-8-16/h1-12,18,24H,13-15H2,(H,23,25)/t18-/m0/s1. The first kappa shape index (κ1) is 21.7. The van der Waals surface area contributed by atoms with E-state index in [0.29, 0.717) is 16.8 Å². The van der Waals surface area contributed by atoms with Crippen LogP contribution in [0.5, 0.6) is 0 Å². The fourth-order valence-corrected chi connectivity index (χ4v) is 6.05. The number of carbonyl (C=O) groups excluding carboxylic acids is 1. The monoisotopic (exact) mass is 492 g/mol. The van der Waals surface area contributed by atoms with E-state index in [1.54, 1.807) is 6.07 Å². The Morgan fingerprint density at radius 3 is 2.14 bits per heavy atom. The molecule has 2 aromatic carbocycles. The minimum atomic E-state index is -3.80. The Hall–Kier alpha value is -2.00. The van der Waals surface area contributed by atoms with Crippen molar-refractivity contribution in [1.29, 1.82) is 0 Å². The van der Waals surface area contributed by atoms with E-state index in [0.717, 1.165) is 22.5 Å². The van der Waals surface area contributed by atoms with Gasteiger partial charge in [-0.15, -0.1) is 11.3 Å². The number of rotatable bonds is 9. The number of hydrogen-bond donors (Lipinski definition) is 2. The maximum atomic E-state index is 12.8. The SMILES string of the molecule is O=C(NCCc1ccccc1)[C@H](Cc1ccccc1)NS(=O)(=O)c1ccc(Br)s1. The summed E-state index contributed by atoms with van der Waals surface area (Å²) in [5.74, 6) is -0.344. The first-order valence-electron chi connectivity index (χ1n) is 9.07. The van der Waals surface area contributed by atoms with Crippen molar-refractivity contribution in [2.24, 2.45) is 0 Å². The summed E-state index contributed by atoms with van der Waals surface area (Å²) in [6.45, 7) is 0.431. The van der Waals surface area contributed by atoms with Crippen LogP contribution in [-0.2, 0) is 27.7 Å². The van der Waals surface area contributed by atoms with Crippen LogP contribution in [0.3, 0.4) is 0 Å². The summed E-state index contributed by atoms with van der Waals surface area (Å²) in [5, 5.41) is 2.86. The molecule has 0 bridgehead atoms. The molecular weight excluding hydrogens is 472 g/mol. The van der Waals surface area contributed by atoms with E-state index < -0.39 is 16.1 Å². The zero-order chi connectivity index (χ0) is 20.7. The molecule has 0 radical (unpaired) electrons. The van der Waals surface area contributed by atoms with Crippen LogP contribution in [0.1, 0.15) is 11.1 Å². The Kier molecular flexibility index (Phi) is 7.60. The molecule has 3 aromatic rings. The van der Waals surface area contributed by atoms with Crippen molar-refractivity contribution >= 4 is 43.2 Å². The second kappa shape index (κ2) is 10.2. The predicted octanol–water partition coefficient (Wildman–Crippen LogP) is 3.76. The van der Waals surface area contributed by atoms with Crippen LogP contribution >= 0.6 is 27.3 Å². The lowest BCUT2D eigenvalue weighted by molar-refractivity contribution is -0.122. The van der Waals surface area contributed by atoms with Gasteiger partial charge in [0.1, 0.15) is 10.3 Å². The van der Waals surface area contributed by atoms with Gasteiger partial charge in [-0.2, -0.15) is 4.72 Å². The molecule has 1 aromatic heterocycles. The second-order valence-corrected chi connectivity index (χ2v) is 10.9. The number of sulfonamides is 1. The van der Waals surface area contributed by atoms with Crippen molar-refractivity contribution in [2.45, 2.75) is 23.1 Å². The maximum Gasteiger partial charge on any atom is 0.250 e. The van der Waals surface area contributed by atoms with Gasteiger partial charge in [0.2, 0.25) is 5.91 Å².